The van der Waals surface area contributed by atoms with Crippen molar-refractivity contribution < 1.29 is 80.2 Å². The van der Waals surface area contributed by atoms with Gasteiger partial charge < -0.3 is 33.8 Å². The Morgan fingerprint density at radius 2 is 0.500 bits per heavy atom. The van der Waals surface area contributed by atoms with Crippen molar-refractivity contribution in [2.75, 3.05) is 39.6 Å². The van der Waals surface area contributed by atoms with Crippen molar-refractivity contribution in [3.8, 4) is 0 Å². The van der Waals surface area contributed by atoms with E-state index in [0.29, 0.717) is 25.7 Å². The molecule has 0 aliphatic rings. The van der Waals surface area contributed by atoms with Crippen LogP contribution in [0.3, 0.4) is 0 Å². The number of rotatable bonds is 74. The molecule has 96 heavy (non-hydrogen) atoms. The van der Waals surface area contributed by atoms with E-state index in [2.05, 4.69) is 55.4 Å². The summed E-state index contributed by atoms with van der Waals surface area (Å²) < 4.78 is 68.6. The molecule has 0 saturated carbocycles. The van der Waals surface area contributed by atoms with Gasteiger partial charge in [-0.2, -0.15) is 0 Å². The molecule has 3 N–H and O–H groups in total. The number of ether oxygens (including phenoxy) is 4. The van der Waals surface area contributed by atoms with Crippen LogP contribution in [0.5, 0.6) is 0 Å². The van der Waals surface area contributed by atoms with Gasteiger partial charge in [0.05, 0.1) is 26.4 Å². The molecule has 0 aromatic heterocycles. The fourth-order valence-corrected chi connectivity index (χ4v) is 13.2. The molecular weight excluding hydrogens is 1260 g/mol. The maximum atomic E-state index is 13.1. The molecule has 19 heteroatoms. The number of phosphoric acid groups is 2. The monoisotopic (exact) mass is 1410 g/mol. The van der Waals surface area contributed by atoms with E-state index in [1.807, 2.05) is 0 Å². The Morgan fingerprint density at radius 1 is 0.292 bits per heavy atom. The lowest BCUT2D eigenvalue weighted by molar-refractivity contribution is -0.161. The molecule has 0 bridgehead atoms. The number of carbonyl (C=O) groups excluding carboxylic acids is 4. The van der Waals surface area contributed by atoms with Gasteiger partial charge in [0.15, 0.2) is 12.2 Å². The maximum Gasteiger partial charge on any atom is 0.472 e. The fraction of sp³-hybridized carbons (Fsp3) is 0.948. The number of hydrogen-bond donors (Lipinski definition) is 3. The average molecular weight is 1410 g/mol. The minimum Gasteiger partial charge on any atom is -0.462 e. The summed E-state index contributed by atoms with van der Waals surface area (Å²) in [5.74, 6) is 0.973. The van der Waals surface area contributed by atoms with Gasteiger partial charge in [0.1, 0.15) is 19.3 Å². The number of aliphatic hydroxyl groups excluding tert-OH is 1. The van der Waals surface area contributed by atoms with E-state index in [0.717, 1.165) is 120 Å². The highest BCUT2D eigenvalue weighted by atomic mass is 31.2. The third-order valence-electron chi connectivity index (χ3n) is 18.5. The molecule has 7 atom stereocenters. The van der Waals surface area contributed by atoms with Crippen LogP contribution in [0.4, 0.5) is 0 Å². The Kier molecular flexibility index (Phi) is 65.0. The van der Waals surface area contributed by atoms with Crippen LogP contribution in [0.2, 0.25) is 0 Å². The largest absolute Gasteiger partial charge is 0.472 e. The van der Waals surface area contributed by atoms with Crippen molar-refractivity contribution in [2.45, 2.75) is 408 Å². The Hall–Kier alpha value is -1.94. The van der Waals surface area contributed by atoms with Crippen molar-refractivity contribution in [3.05, 3.63) is 0 Å². The summed E-state index contributed by atoms with van der Waals surface area (Å²) >= 11 is 0. The molecular formula is C77H150O17P2. The third kappa shape index (κ3) is 67.9. The highest BCUT2D eigenvalue weighted by Gasteiger charge is 2.30. The minimum absolute atomic E-state index is 0.105. The molecule has 0 saturated heterocycles. The number of phosphoric ester groups is 2. The molecule has 0 aliphatic carbocycles. The number of aliphatic hydroxyl groups is 1. The smallest absolute Gasteiger partial charge is 0.462 e. The predicted octanol–water partition coefficient (Wildman–Crippen LogP) is 22.4. The molecule has 0 spiro atoms. The molecule has 0 fully saturated rings. The molecule has 0 aromatic rings. The first-order valence-corrected chi connectivity index (χ1v) is 42.8. The van der Waals surface area contributed by atoms with Crippen molar-refractivity contribution >= 4 is 39.5 Å². The molecule has 570 valence electrons. The zero-order valence-corrected chi connectivity index (χ0v) is 64.8. The quantitative estimate of drug-likeness (QED) is 0.0222. The highest BCUT2D eigenvalue weighted by molar-refractivity contribution is 7.47. The first-order chi connectivity index (χ1) is 46.2. The lowest BCUT2D eigenvalue weighted by atomic mass is 9.99. The van der Waals surface area contributed by atoms with E-state index in [4.69, 9.17) is 37.0 Å². The van der Waals surface area contributed by atoms with Crippen LogP contribution in [-0.4, -0.2) is 96.7 Å². The summed E-state index contributed by atoms with van der Waals surface area (Å²) in [5.41, 5.74) is 0. The fourth-order valence-electron chi connectivity index (χ4n) is 11.7. The van der Waals surface area contributed by atoms with Crippen LogP contribution >= 0.6 is 15.6 Å². The lowest BCUT2D eigenvalue weighted by Crippen LogP contribution is -2.30. The van der Waals surface area contributed by atoms with Gasteiger partial charge in [-0.15, -0.1) is 0 Å². The van der Waals surface area contributed by atoms with Gasteiger partial charge in [0, 0.05) is 25.7 Å². The zero-order valence-electron chi connectivity index (χ0n) is 63.0. The summed E-state index contributed by atoms with van der Waals surface area (Å²) in [6, 6.07) is 0. The molecule has 0 heterocycles. The molecule has 0 rings (SSSR count). The van der Waals surface area contributed by atoms with Gasteiger partial charge in [-0.25, -0.2) is 9.13 Å². The van der Waals surface area contributed by atoms with E-state index in [1.54, 1.807) is 0 Å². The van der Waals surface area contributed by atoms with Gasteiger partial charge >= 0.3 is 39.5 Å². The topological polar surface area (TPSA) is 237 Å². The van der Waals surface area contributed by atoms with Crippen LogP contribution in [-0.2, 0) is 65.4 Å². The molecule has 0 aromatic carbocycles. The average Bonchev–Trinajstić information content (AvgIpc) is 1.32. The minimum atomic E-state index is -4.96. The zero-order chi connectivity index (χ0) is 71.0. The molecule has 0 radical (unpaired) electrons. The van der Waals surface area contributed by atoms with Crippen molar-refractivity contribution in [1.29, 1.82) is 0 Å². The Labute approximate surface area is 588 Å². The normalized spacial score (nSPS) is 14.7. The van der Waals surface area contributed by atoms with Crippen LogP contribution in [0.25, 0.3) is 0 Å². The lowest BCUT2D eigenvalue weighted by Gasteiger charge is -2.21. The van der Waals surface area contributed by atoms with Gasteiger partial charge in [-0.1, -0.05) is 338 Å². The van der Waals surface area contributed by atoms with Crippen LogP contribution < -0.4 is 0 Å². The van der Waals surface area contributed by atoms with Crippen LogP contribution in [0, 0.1) is 23.7 Å². The van der Waals surface area contributed by atoms with Crippen molar-refractivity contribution in [3.63, 3.8) is 0 Å². The standard InChI is InChI=1S/C77H150O17P2/c1-9-69(7)55-47-39-31-27-28-34-44-52-60-77(82)94-72(63-87-74(79)57-49-41-32-25-21-17-13-11-15-19-23-29-37-45-53-67(3)4)65-91-95(83,84)89-61-71(78)62-90-96(85,86)92-66-73(64-88-75(80)58-50-42-36-35-40-48-56-70(8)10-2)93-76(81)59-51-43-33-26-22-18-14-12-16-20-24-30-38-46-54-68(5)6/h67-73,78H,9-66H2,1-8H3,(H,83,84)(H,85,86)/t69?,70?,71-,72-,73-/m1/s1. The molecule has 4 unspecified atom stereocenters. The number of hydrogen-bond acceptors (Lipinski definition) is 15. The highest BCUT2D eigenvalue weighted by Crippen LogP contribution is 2.45. The summed E-state index contributed by atoms with van der Waals surface area (Å²) in [6.07, 6.45) is 51.3. The van der Waals surface area contributed by atoms with E-state index in [1.165, 1.54) is 186 Å². The van der Waals surface area contributed by atoms with Gasteiger partial charge in [0.25, 0.3) is 0 Å². The summed E-state index contributed by atoms with van der Waals surface area (Å²) in [5, 5.41) is 10.6. The maximum absolute atomic E-state index is 13.1. The van der Waals surface area contributed by atoms with E-state index < -0.39 is 97.5 Å². The first kappa shape index (κ1) is 94.1. The third-order valence-corrected chi connectivity index (χ3v) is 20.4. The first-order valence-electron chi connectivity index (χ1n) is 39.8. The molecule has 0 aliphatic heterocycles. The Morgan fingerprint density at radius 3 is 0.740 bits per heavy atom. The number of unbranched alkanes of at least 4 members (excludes halogenated alkanes) is 38. The molecule has 17 nitrogen and oxygen atoms in total. The van der Waals surface area contributed by atoms with E-state index in [9.17, 15) is 43.2 Å². The van der Waals surface area contributed by atoms with Crippen molar-refractivity contribution in [2.24, 2.45) is 23.7 Å². The van der Waals surface area contributed by atoms with E-state index >= 15 is 0 Å². The van der Waals surface area contributed by atoms with Gasteiger partial charge in [-0.3, -0.25) is 37.3 Å². The van der Waals surface area contributed by atoms with E-state index in [-0.39, 0.29) is 25.7 Å². The van der Waals surface area contributed by atoms with Gasteiger partial charge in [-0.05, 0) is 49.4 Å². The Balaban J connectivity index is 5.23. The Bertz CT molecular complexity index is 1890. The second-order valence-electron chi connectivity index (χ2n) is 29.2. The summed E-state index contributed by atoms with van der Waals surface area (Å²) in [7, 11) is -9.92. The van der Waals surface area contributed by atoms with Crippen LogP contribution in [0.15, 0.2) is 0 Å². The van der Waals surface area contributed by atoms with Gasteiger partial charge in [0.2, 0.25) is 0 Å². The van der Waals surface area contributed by atoms with Crippen LogP contribution in [0.1, 0.15) is 389 Å². The summed E-state index contributed by atoms with van der Waals surface area (Å²) in [4.78, 5) is 72.9. The second kappa shape index (κ2) is 66.3. The molecule has 0 amide bonds. The second-order valence-corrected chi connectivity index (χ2v) is 32.1. The van der Waals surface area contributed by atoms with Crippen molar-refractivity contribution in [1.82, 2.24) is 0 Å². The number of carbonyl (C=O) groups is 4. The summed E-state index contributed by atoms with van der Waals surface area (Å²) in [6.45, 7) is 14.2. The SMILES string of the molecule is CCC(C)CCCCCCCCCCC(=O)O[C@H](COC(=O)CCCCCCCCCCCCCCCCC(C)C)COP(=O)(O)OC[C@@H](O)COP(=O)(O)OC[C@@H](COC(=O)CCCCCCCCC(C)CC)OC(=O)CCCCCCCCCCCCCCCCC(C)C. The number of esters is 4. The predicted molar refractivity (Wildman–Crippen MR) is 391 cm³/mol.